The number of piperidine rings is 1. The van der Waals surface area contributed by atoms with E-state index < -0.39 is 17.6 Å². The van der Waals surface area contributed by atoms with Crippen molar-refractivity contribution in [1.29, 1.82) is 0 Å². The molecular weight excluding hydrogens is 284 g/mol. The Kier molecular flexibility index (Phi) is 4.59. The normalized spacial score (nSPS) is 19.0. The number of likely N-dealkylation sites (tertiary alicyclic amines) is 1. The summed E-state index contributed by atoms with van der Waals surface area (Å²) in [6, 6.07) is 3.14. The number of rotatable bonds is 2. The van der Waals surface area contributed by atoms with Crippen molar-refractivity contribution in [1.82, 2.24) is 9.88 Å². The lowest BCUT2D eigenvalue weighted by atomic mass is 9.89. The highest BCUT2D eigenvalue weighted by Gasteiger charge is 2.36. The number of ether oxygens (including phenoxy) is 1. The molecule has 1 unspecified atom stereocenters. The number of aromatic nitrogens is 1. The summed E-state index contributed by atoms with van der Waals surface area (Å²) in [5.74, 6) is -1.24. The second-order valence-corrected chi connectivity index (χ2v) is 6.30. The van der Waals surface area contributed by atoms with Crippen LogP contribution in [-0.2, 0) is 9.53 Å². The number of hydrogen-bond acceptors (Lipinski definition) is 5. The number of carbonyl (C=O) groups excluding carboxylic acids is 3. The second-order valence-electron chi connectivity index (χ2n) is 6.30. The van der Waals surface area contributed by atoms with E-state index in [1.54, 1.807) is 32.9 Å². The summed E-state index contributed by atoms with van der Waals surface area (Å²) in [7, 11) is 0. The average molecular weight is 304 g/mol. The van der Waals surface area contributed by atoms with Crippen molar-refractivity contribution in [2.24, 2.45) is 5.92 Å². The fourth-order valence-electron chi connectivity index (χ4n) is 2.27. The standard InChI is InChI=1S/C16H20N2O4/c1-16(2,3)22-15(21)18-9-6-13(19)12(10-18)14(20)11-4-7-17-8-5-11/h4-5,7-8,12H,6,9-10H2,1-3H3. The van der Waals surface area contributed by atoms with Gasteiger partial charge in [0.05, 0.1) is 5.92 Å². The molecule has 1 saturated heterocycles. The molecule has 6 nitrogen and oxygen atoms in total. The molecule has 0 spiro atoms. The molecule has 1 aromatic rings. The zero-order valence-electron chi connectivity index (χ0n) is 13.0. The van der Waals surface area contributed by atoms with Gasteiger partial charge in [-0.15, -0.1) is 0 Å². The van der Waals surface area contributed by atoms with Crippen LogP contribution in [0.3, 0.4) is 0 Å². The van der Waals surface area contributed by atoms with Gasteiger partial charge < -0.3 is 9.64 Å². The van der Waals surface area contributed by atoms with Crippen molar-refractivity contribution in [2.45, 2.75) is 32.8 Å². The molecule has 2 rings (SSSR count). The third-order valence-corrected chi connectivity index (χ3v) is 3.35. The number of amides is 1. The molecule has 0 radical (unpaired) electrons. The quantitative estimate of drug-likeness (QED) is 0.617. The van der Waals surface area contributed by atoms with Gasteiger partial charge in [-0.25, -0.2) is 4.79 Å². The summed E-state index contributed by atoms with van der Waals surface area (Å²) in [5.41, 5.74) is -0.178. The summed E-state index contributed by atoms with van der Waals surface area (Å²) >= 11 is 0. The molecule has 6 heteroatoms. The zero-order chi connectivity index (χ0) is 16.3. The molecule has 0 aromatic carbocycles. The number of pyridine rings is 1. The number of nitrogens with zero attached hydrogens (tertiary/aromatic N) is 2. The summed E-state index contributed by atoms with van der Waals surface area (Å²) in [5, 5.41) is 0. The van der Waals surface area contributed by atoms with Gasteiger partial charge in [0, 0.05) is 37.5 Å². The van der Waals surface area contributed by atoms with Gasteiger partial charge >= 0.3 is 6.09 Å². The molecule has 1 aliphatic rings. The Labute approximate surface area is 129 Å². The van der Waals surface area contributed by atoms with E-state index in [4.69, 9.17) is 4.74 Å². The van der Waals surface area contributed by atoms with Crippen LogP contribution in [0.25, 0.3) is 0 Å². The summed E-state index contributed by atoms with van der Waals surface area (Å²) < 4.78 is 5.30. The lowest BCUT2D eigenvalue weighted by Crippen LogP contribution is -2.48. The molecule has 0 saturated carbocycles. The topological polar surface area (TPSA) is 76.6 Å². The monoisotopic (exact) mass is 304 g/mol. The van der Waals surface area contributed by atoms with Crippen molar-refractivity contribution in [2.75, 3.05) is 13.1 Å². The van der Waals surface area contributed by atoms with Crippen molar-refractivity contribution in [3.05, 3.63) is 30.1 Å². The van der Waals surface area contributed by atoms with Crippen LogP contribution in [-0.4, -0.2) is 46.2 Å². The summed E-state index contributed by atoms with van der Waals surface area (Å²) in [4.78, 5) is 41.9. The second kappa shape index (κ2) is 6.25. The fourth-order valence-corrected chi connectivity index (χ4v) is 2.27. The van der Waals surface area contributed by atoms with Gasteiger partial charge in [-0.3, -0.25) is 14.6 Å². The van der Waals surface area contributed by atoms with Crippen LogP contribution in [0.4, 0.5) is 4.79 Å². The summed E-state index contributed by atoms with van der Waals surface area (Å²) in [6.45, 7) is 5.68. The van der Waals surface area contributed by atoms with Gasteiger partial charge in [0.1, 0.15) is 11.4 Å². The molecule has 22 heavy (non-hydrogen) atoms. The Morgan fingerprint density at radius 1 is 1.27 bits per heavy atom. The first-order valence-corrected chi connectivity index (χ1v) is 7.23. The number of carbonyl (C=O) groups is 3. The fraction of sp³-hybridized carbons (Fsp3) is 0.500. The Morgan fingerprint density at radius 3 is 2.50 bits per heavy atom. The van der Waals surface area contributed by atoms with E-state index in [0.29, 0.717) is 5.56 Å². The maximum absolute atomic E-state index is 12.4. The van der Waals surface area contributed by atoms with Gasteiger partial charge in [0.15, 0.2) is 5.78 Å². The Hall–Kier alpha value is -2.24. The third-order valence-electron chi connectivity index (χ3n) is 3.35. The molecule has 1 atom stereocenters. The van der Waals surface area contributed by atoms with Crippen LogP contribution < -0.4 is 0 Å². The molecule has 0 aliphatic carbocycles. The highest BCUT2D eigenvalue weighted by Crippen LogP contribution is 2.20. The van der Waals surface area contributed by atoms with Gasteiger partial charge in [-0.2, -0.15) is 0 Å². The highest BCUT2D eigenvalue weighted by atomic mass is 16.6. The lowest BCUT2D eigenvalue weighted by Gasteiger charge is -2.32. The molecule has 118 valence electrons. The highest BCUT2D eigenvalue weighted by molar-refractivity contribution is 6.11. The number of ketones is 2. The van der Waals surface area contributed by atoms with Crippen LogP contribution in [0, 0.1) is 5.92 Å². The number of hydrogen-bond donors (Lipinski definition) is 0. The molecule has 1 amide bonds. The van der Waals surface area contributed by atoms with E-state index in [9.17, 15) is 14.4 Å². The minimum absolute atomic E-state index is 0.0644. The minimum Gasteiger partial charge on any atom is -0.444 e. The first-order chi connectivity index (χ1) is 10.3. The van der Waals surface area contributed by atoms with Crippen molar-refractivity contribution in [3.8, 4) is 0 Å². The van der Waals surface area contributed by atoms with Gasteiger partial charge in [-0.1, -0.05) is 0 Å². The molecule has 1 aliphatic heterocycles. The van der Waals surface area contributed by atoms with E-state index in [1.165, 1.54) is 17.3 Å². The zero-order valence-corrected chi connectivity index (χ0v) is 13.0. The molecule has 0 N–H and O–H groups in total. The first-order valence-electron chi connectivity index (χ1n) is 7.23. The Bertz CT molecular complexity index is 578. The maximum atomic E-state index is 12.4. The van der Waals surface area contributed by atoms with Crippen LogP contribution in [0.2, 0.25) is 0 Å². The SMILES string of the molecule is CC(C)(C)OC(=O)N1CCC(=O)C(C(=O)c2ccncc2)C1. The predicted molar refractivity (Wildman–Crippen MR) is 79.5 cm³/mol. The van der Waals surface area contributed by atoms with Crippen LogP contribution in [0.15, 0.2) is 24.5 Å². The molecular formula is C16H20N2O4. The van der Waals surface area contributed by atoms with Crippen LogP contribution in [0.5, 0.6) is 0 Å². The average Bonchev–Trinajstić information content (AvgIpc) is 2.46. The van der Waals surface area contributed by atoms with Gasteiger partial charge in [-0.05, 0) is 32.9 Å². The number of Topliss-reactive ketones (excluding diaryl/α,β-unsaturated/α-hetero) is 2. The maximum Gasteiger partial charge on any atom is 0.410 e. The summed E-state index contributed by atoms with van der Waals surface area (Å²) in [6.07, 6.45) is 2.69. The van der Waals surface area contributed by atoms with Gasteiger partial charge in [0.2, 0.25) is 0 Å². The molecule has 1 aromatic heterocycles. The lowest BCUT2D eigenvalue weighted by molar-refractivity contribution is -0.124. The van der Waals surface area contributed by atoms with E-state index in [2.05, 4.69) is 4.98 Å². The Balaban J connectivity index is 2.10. The minimum atomic E-state index is -0.830. The van der Waals surface area contributed by atoms with E-state index >= 15 is 0 Å². The van der Waals surface area contributed by atoms with Crippen LogP contribution in [0.1, 0.15) is 37.6 Å². The van der Waals surface area contributed by atoms with Crippen LogP contribution >= 0.6 is 0 Å². The van der Waals surface area contributed by atoms with E-state index in [-0.39, 0.29) is 31.1 Å². The Morgan fingerprint density at radius 2 is 1.91 bits per heavy atom. The van der Waals surface area contributed by atoms with E-state index in [0.717, 1.165) is 0 Å². The smallest absolute Gasteiger partial charge is 0.410 e. The van der Waals surface area contributed by atoms with E-state index in [1.807, 2.05) is 0 Å². The predicted octanol–water partition coefficient (Wildman–Crippen LogP) is 2.09. The molecule has 0 bridgehead atoms. The molecule has 1 fully saturated rings. The first kappa shape index (κ1) is 16.1. The van der Waals surface area contributed by atoms with Crippen molar-refractivity contribution in [3.63, 3.8) is 0 Å². The van der Waals surface area contributed by atoms with Gasteiger partial charge in [0.25, 0.3) is 0 Å². The van der Waals surface area contributed by atoms with Crippen molar-refractivity contribution < 1.29 is 19.1 Å². The largest absolute Gasteiger partial charge is 0.444 e. The van der Waals surface area contributed by atoms with Crippen molar-refractivity contribution >= 4 is 17.7 Å². The molecule has 2 heterocycles. The third kappa shape index (κ3) is 3.90.